The van der Waals surface area contributed by atoms with E-state index >= 15 is 0 Å². The fraction of sp³-hybridized carbons (Fsp3) is 0.250. The molecule has 0 aliphatic carbocycles. The molecule has 1 atom stereocenters. The van der Waals surface area contributed by atoms with Crippen molar-refractivity contribution in [1.29, 1.82) is 5.26 Å². The molecule has 0 fully saturated rings. The Bertz CT molecular complexity index is 302. The van der Waals surface area contributed by atoms with Crippen molar-refractivity contribution < 1.29 is 0 Å². The second-order valence-corrected chi connectivity index (χ2v) is 2.46. The highest BCUT2D eigenvalue weighted by Gasteiger charge is 2.05. The van der Waals surface area contributed by atoms with Crippen LogP contribution in [0.15, 0.2) is 18.2 Å². The highest BCUT2D eigenvalue weighted by atomic mass is 14.9. The lowest BCUT2D eigenvalue weighted by Gasteiger charge is -2.06. The van der Waals surface area contributed by atoms with E-state index in [0.29, 0.717) is 11.5 Å². The van der Waals surface area contributed by atoms with Crippen molar-refractivity contribution in [3.63, 3.8) is 0 Å². The van der Waals surface area contributed by atoms with Crippen molar-refractivity contribution in [2.24, 2.45) is 5.73 Å². The molecule has 1 heterocycles. The monoisotopic (exact) mass is 162 g/mol. The van der Waals surface area contributed by atoms with Gasteiger partial charge in [0, 0.05) is 0 Å². The Morgan fingerprint density at radius 1 is 1.58 bits per heavy atom. The molecule has 1 aromatic rings. The summed E-state index contributed by atoms with van der Waals surface area (Å²) in [7, 11) is 0. The number of nitrogens with two attached hydrogens (primary N) is 2. The van der Waals surface area contributed by atoms with E-state index in [2.05, 4.69) is 4.98 Å². The topological polar surface area (TPSA) is 88.7 Å². The van der Waals surface area contributed by atoms with Crippen LogP contribution in [0, 0.1) is 11.3 Å². The fourth-order valence-corrected chi connectivity index (χ4v) is 0.878. The number of nitriles is 1. The predicted octanol–water partition coefficient (Wildman–Crippen LogP) is 0.577. The number of aromatic nitrogens is 1. The normalized spacial score (nSPS) is 12.0. The van der Waals surface area contributed by atoms with Crippen molar-refractivity contribution >= 4 is 5.82 Å². The molecule has 4 nitrogen and oxygen atoms in total. The van der Waals surface area contributed by atoms with Crippen LogP contribution in [0.3, 0.4) is 0 Å². The second-order valence-electron chi connectivity index (χ2n) is 2.46. The van der Waals surface area contributed by atoms with Crippen molar-refractivity contribution in [3.05, 3.63) is 23.9 Å². The van der Waals surface area contributed by atoms with Crippen LogP contribution in [0.4, 0.5) is 5.82 Å². The van der Waals surface area contributed by atoms with Crippen LogP contribution in [0.25, 0.3) is 0 Å². The molecule has 4 N–H and O–H groups in total. The quantitative estimate of drug-likeness (QED) is 0.665. The van der Waals surface area contributed by atoms with Crippen LogP contribution in [0.5, 0.6) is 0 Å². The molecule has 0 saturated heterocycles. The number of pyridine rings is 1. The van der Waals surface area contributed by atoms with Gasteiger partial charge >= 0.3 is 0 Å². The predicted molar refractivity (Wildman–Crippen MR) is 45.8 cm³/mol. The van der Waals surface area contributed by atoms with Crippen LogP contribution < -0.4 is 11.5 Å². The Kier molecular flexibility index (Phi) is 2.62. The van der Waals surface area contributed by atoms with E-state index in [4.69, 9.17) is 16.7 Å². The van der Waals surface area contributed by atoms with Crippen LogP contribution in [-0.4, -0.2) is 4.98 Å². The van der Waals surface area contributed by atoms with E-state index in [0.717, 1.165) is 0 Å². The van der Waals surface area contributed by atoms with Crippen LogP contribution >= 0.6 is 0 Å². The number of rotatable bonds is 2. The molecule has 0 aliphatic rings. The summed E-state index contributed by atoms with van der Waals surface area (Å²) in [6, 6.07) is 6.86. The summed E-state index contributed by atoms with van der Waals surface area (Å²) >= 11 is 0. The summed E-state index contributed by atoms with van der Waals surface area (Å²) in [5.74, 6) is 0.431. The standard InChI is InChI=1S/C8H10N4/c9-5-4-6(10)7-2-1-3-8(11)12-7/h1-3,6H,4,10H2,(H2,11,12)/t6-/m1/s1. The van der Waals surface area contributed by atoms with E-state index in [1.54, 1.807) is 18.2 Å². The lowest BCUT2D eigenvalue weighted by Crippen LogP contribution is -2.11. The van der Waals surface area contributed by atoms with Crippen LogP contribution in [-0.2, 0) is 0 Å². The summed E-state index contributed by atoms with van der Waals surface area (Å²) in [6.07, 6.45) is 0.260. The van der Waals surface area contributed by atoms with Gasteiger partial charge in [-0.05, 0) is 12.1 Å². The highest BCUT2D eigenvalue weighted by Crippen LogP contribution is 2.11. The molecule has 1 aromatic heterocycles. The molecule has 62 valence electrons. The third-order valence-corrected chi connectivity index (χ3v) is 1.48. The molecular formula is C8H10N4. The lowest BCUT2D eigenvalue weighted by molar-refractivity contribution is 0.721. The minimum absolute atomic E-state index is 0.260. The summed E-state index contributed by atoms with van der Waals surface area (Å²) in [4.78, 5) is 3.99. The smallest absolute Gasteiger partial charge is 0.123 e. The fourth-order valence-electron chi connectivity index (χ4n) is 0.878. The number of nitrogens with zero attached hydrogens (tertiary/aromatic N) is 2. The Labute approximate surface area is 70.8 Å². The van der Waals surface area contributed by atoms with Crippen LogP contribution in [0.2, 0.25) is 0 Å². The molecule has 0 aliphatic heterocycles. The zero-order valence-corrected chi connectivity index (χ0v) is 6.57. The molecule has 0 aromatic carbocycles. The van der Waals surface area contributed by atoms with E-state index in [-0.39, 0.29) is 12.5 Å². The van der Waals surface area contributed by atoms with Crippen molar-refractivity contribution in [2.45, 2.75) is 12.5 Å². The third-order valence-electron chi connectivity index (χ3n) is 1.48. The molecule has 0 amide bonds. The van der Waals surface area contributed by atoms with E-state index < -0.39 is 0 Å². The molecule has 0 saturated carbocycles. The zero-order valence-electron chi connectivity index (χ0n) is 6.57. The first-order valence-corrected chi connectivity index (χ1v) is 3.59. The summed E-state index contributed by atoms with van der Waals surface area (Å²) in [6.45, 7) is 0. The van der Waals surface area contributed by atoms with Crippen molar-refractivity contribution in [1.82, 2.24) is 4.98 Å². The highest BCUT2D eigenvalue weighted by molar-refractivity contribution is 5.29. The van der Waals surface area contributed by atoms with Gasteiger partial charge in [-0.25, -0.2) is 4.98 Å². The van der Waals surface area contributed by atoms with Gasteiger partial charge in [-0.2, -0.15) is 5.26 Å². The van der Waals surface area contributed by atoms with E-state index in [1.165, 1.54) is 0 Å². The summed E-state index contributed by atoms with van der Waals surface area (Å²) in [5, 5.41) is 8.38. The SMILES string of the molecule is N#CC[C@@H](N)c1cccc(N)n1. The van der Waals surface area contributed by atoms with Gasteiger partial charge in [0.15, 0.2) is 0 Å². The Balaban J connectivity index is 2.82. The number of hydrogen-bond donors (Lipinski definition) is 2. The molecule has 0 radical (unpaired) electrons. The summed E-state index contributed by atoms with van der Waals surface area (Å²) < 4.78 is 0. The Hall–Kier alpha value is -1.60. The van der Waals surface area contributed by atoms with Gasteiger partial charge in [0.25, 0.3) is 0 Å². The van der Waals surface area contributed by atoms with Gasteiger partial charge in [-0.1, -0.05) is 6.07 Å². The first-order chi connectivity index (χ1) is 5.74. The largest absolute Gasteiger partial charge is 0.384 e. The molecular weight excluding hydrogens is 152 g/mol. The minimum Gasteiger partial charge on any atom is -0.384 e. The lowest BCUT2D eigenvalue weighted by atomic mass is 10.1. The van der Waals surface area contributed by atoms with Gasteiger partial charge < -0.3 is 11.5 Å². The Morgan fingerprint density at radius 3 is 2.92 bits per heavy atom. The van der Waals surface area contributed by atoms with Gasteiger partial charge in [-0.3, -0.25) is 0 Å². The minimum atomic E-state index is -0.335. The second kappa shape index (κ2) is 3.69. The van der Waals surface area contributed by atoms with Crippen molar-refractivity contribution in [2.75, 3.05) is 5.73 Å². The van der Waals surface area contributed by atoms with E-state index in [9.17, 15) is 0 Å². The number of anilines is 1. The number of hydrogen-bond acceptors (Lipinski definition) is 4. The van der Waals surface area contributed by atoms with Gasteiger partial charge in [-0.15, -0.1) is 0 Å². The first kappa shape index (κ1) is 8.50. The molecule has 0 spiro atoms. The maximum atomic E-state index is 8.38. The van der Waals surface area contributed by atoms with Gasteiger partial charge in [0.2, 0.25) is 0 Å². The van der Waals surface area contributed by atoms with E-state index in [1.807, 2.05) is 6.07 Å². The molecule has 0 bridgehead atoms. The summed E-state index contributed by atoms with van der Waals surface area (Å²) in [5.41, 5.74) is 11.7. The molecule has 12 heavy (non-hydrogen) atoms. The maximum absolute atomic E-state index is 8.38. The first-order valence-electron chi connectivity index (χ1n) is 3.59. The van der Waals surface area contributed by atoms with Crippen molar-refractivity contribution in [3.8, 4) is 6.07 Å². The molecule has 0 unspecified atom stereocenters. The maximum Gasteiger partial charge on any atom is 0.123 e. The van der Waals surface area contributed by atoms with Gasteiger partial charge in [0.05, 0.1) is 24.2 Å². The molecule has 4 heteroatoms. The third kappa shape index (κ3) is 1.94. The average Bonchev–Trinajstić information content (AvgIpc) is 2.05. The average molecular weight is 162 g/mol. The molecule has 1 rings (SSSR count). The zero-order chi connectivity index (χ0) is 8.97. The Morgan fingerprint density at radius 2 is 2.33 bits per heavy atom. The van der Waals surface area contributed by atoms with Gasteiger partial charge in [0.1, 0.15) is 5.82 Å². The van der Waals surface area contributed by atoms with Crippen LogP contribution in [0.1, 0.15) is 18.2 Å². The number of nitrogen functional groups attached to an aromatic ring is 1.